The molecule has 5 heteroatoms. The lowest BCUT2D eigenvalue weighted by Crippen LogP contribution is -2.20. The number of ether oxygens (including phenoxy) is 3. The molecule has 0 atom stereocenters. The first-order valence-corrected chi connectivity index (χ1v) is 9.67. The van der Waals surface area contributed by atoms with Gasteiger partial charge in [-0.05, 0) is 56.3 Å². The van der Waals surface area contributed by atoms with Crippen molar-refractivity contribution < 1.29 is 19.0 Å². The van der Waals surface area contributed by atoms with Gasteiger partial charge in [0.25, 0.3) is 0 Å². The van der Waals surface area contributed by atoms with E-state index in [0.717, 1.165) is 68.5 Å². The lowest BCUT2D eigenvalue weighted by Gasteiger charge is -2.20. The highest BCUT2D eigenvalue weighted by atomic mass is 16.6. The summed E-state index contributed by atoms with van der Waals surface area (Å²) in [4.78, 5) is 12.5. The van der Waals surface area contributed by atoms with E-state index in [-0.39, 0.29) is 12.6 Å². The van der Waals surface area contributed by atoms with Crippen molar-refractivity contribution in [3.63, 3.8) is 0 Å². The van der Waals surface area contributed by atoms with E-state index in [1.54, 1.807) is 7.11 Å². The van der Waals surface area contributed by atoms with Crippen molar-refractivity contribution in [1.29, 1.82) is 0 Å². The quantitative estimate of drug-likeness (QED) is 0.305. The van der Waals surface area contributed by atoms with Gasteiger partial charge in [-0.25, -0.2) is 4.79 Å². The summed E-state index contributed by atoms with van der Waals surface area (Å²) in [6.45, 7) is 11.0. The largest absolute Gasteiger partial charge is 0.460 e. The Labute approximate surface area is 158 Å². The number of hydrogen-bond acceptors (Lipinski definition) is 5. The van der Waals surface area contributed by atoms with Crippen molar-refractivity contribution in [2.24, 2.45) is 0 Å². The zero-order valence-corrected chi connectivity index (χ0v) is 16.7. The summed E-state index contributed by atoms with van der Waals surface area (Å²) in [5.74, 6) is -0.302. The van der Waals surface area contributed by atoms with Gasteiger partial charge in [0, 0.05) is 32.6 Å². The monoisotopic (exact) mass is 365 g/mol. The molecule has 5 nitrogen and oxygen atoms in total. The zero-order chi connectivity index (χ0) is 19.2. The Balaban J connectivity index is 2.63. The number of nitrogens with one attached hydrogen (secondary N) is 1. The van der Waals surface area contributed by atoms with Gasteiger partial charge >= 0.3 is 5.97 Å². The molecule has 1 aliphatic rings. The molecule has 0 saturated heterocycles. The highest BCUT2D eigenvalue weighted by molar-refractivity contribution is 5.94. The van der Waals surface area contributed by atoms with Crippen molar-refractivity contribution in [1.82, 2.24) is 5.32 Å². The minimum absolute atomic E-state index is 0.276. The molecule has 0 aromatic carbocycles. The van der Waals surface area contributed by atoms with Gasteiger partial charge in [-0.2, -0.15) is 0 Å². The number of carbonyl (C=O) groups is 1. The Bertz CT molecular complexity index is 508. The number of unbranched alkanes of at least 4 members (excludes halogenated alkanes) is 1. The molecule has 0 fully saturated rings. The van der Waals surface area contributed by atoms with Crippen LogP contribution in [0.25, 0.3) is 0 Å². The van der Waals surface area contributed by atoms with E-state index < -0.39 is 0 Å². The third kappa shape index (κ3) is 8.68. The second-order valence-electron chi connectivity index (χ2n) is 6.58. The van der Waals surface area contributed by atoms with E-state index >= 15 is 0 Å². The average Bonchev–Trinajstić information content (AvgIpc) is 2.62. The van der Waals surface area contributed by atoms with E-state index in [2.05, 4.69) is 24.9 Å². The first kappa shape index (κ1) is 22.5. The molecule has 0 aromatic rings. The van der Waals surface area contributed by atoms with Crippen LogP contribution in [-0.4, -0.2) is 46.1 Å². The van der Waals surface area contributed by atoms with Crippen LogP contribution in [0.4, 0.5) is 0 Å². The van der Waals surface area contributed by atoms with Gasteiger partial charge in [0.05, 0.1) is 12.2 Å². The van der Waals surface area contributed by atoms with Crippen LogP contribution in [0.2, 0.25) is 0 Å². The van der Waals surface area contributed by atoms with E-state index in [4.69, 9.17) is 14.2 Å². The Kier molecular flexibility index (Phi) is 11.7. The van der Waals surface area contributed by atoms with E-state index in [1.165, 1.54) is 0 Å². The van der Waals surface area contributed by atoms with Crippen molar-refractivity contribution in [2.45, 2.75) is 52.4 Å². The average molecular weight is 366 g/mol. The van der Waals surface area contributed by atoms with E-state index in [9.17, 15) is 4.79 Å². The van der Waals surface area contributed by atoms with Crippen LogP contribution < -0.4 is 5.32 Å². The third-order valence-corrected chi connectivity index (χ3v) is 4.17. The fourth-order valence-corrected chi connectivity index (χ4v) is 2.82. The molecule has 0 amide bonds. The number of carbonyl (C=O) groups excluding carboxylic acids is 1. The van der Waals surface area contributed by atoms with Crippen molar-refractivity contribution >= 4 is 5.97 Å². The van der Waals surface area contributed by atoms with E-state index in [1.807, 2.05) is 6.92 Å². The molecule has 0 aliphatic heterocycles. The van der Waals surface area contributed by atoms with Crippen LogP contribution in [0.15, 0.2) is 35.1 Å². The van der Waals surface area contributed by atoms with Gasteiger partial charge in [0.2, 0.25) is 0 Å². The molecule has 0 bridgehead atoms. The summed E-state index contributed by atoms with van der Waals surface area (Å²) in [6, 6.07) is 0. The van der Waals surface area contributed by atoms with Crippen LogP contribution in [0.3, 0.4) is 0 Å². The van der Waals surface area contributed by atoms with Gasteiger partial charge < -0.3 is 19.5 Å². The van der Waals surface area contributed by atoms with Crippen LogP contribution in [0, 0.1) is 0 Å². The van der Waals surface area contributed by atoms with E-state index in [0.29, 0.717) is 18.8 Å². The molecule has 0 aromatic heterocycles. The fourth-order valence-electron chi connectivity index (χ4n) is 2.82. The maximum absolute atomic E-state index is 12.5. The molecular weight excluding hydrogens is 330 g/mol. The standard InChI is InChI=1S/C21H35NO4/c1-5-6-13-25-14-15-26-21(23)20(17(2)3)18-9-7-10-19(16-18)22-11-8-12-24-4/h16,22H,2,5-15H2,1,3-4H3/b20-18-. The molecule has 26 heavy (non-hydrogen) atoms. The summed E-state index contributed by atoms with van der Waals surface area (Å²) in [5.41, 5.74) is 3.52. The third-order valence-electron chi connectivity index (χ3n) is 4.17. The SMILES string of the molecule is C=C(C)/C(C(=O)OCCOCCCC)=C1/C=C(NCCCOC)CCC1. The lowest BCUT2D eigenvalue weighted by atomic mass is 9.92. The molecule has 1 aliphatic carbocycles. The molecule has 0 spiro atoms. The van der Waals surface area contributed by atoms with Crippen LogP contribution >= 0.6 is 0 Å². The Morgan fingerprint density at radius 3 is 2.69 bits per heavy atom. The molecule has 0 radical (unpaired) electrons. The van der Waals surface area contributed by atoms with Crippen LogP contribution in [0.1, 0.15) is 52.4 Å². The zero-order valence-electron chi connectivity index (χ0n) is 16.7. The van der Waals surface area contributed by atoms with Gasteiger partial charge in [0.1, 0.15) is 6.61 Å². The number of rotatable bonds is 13. The van der Waals surface area contributed by atoms with Crippen LogP contribution in [-0.2, 0) is 19.0 Å². The molecule has 1 rings (SSSR count). The first-order valence-electron chi connectivity index (χ1n) is 9.67. The van der Waals surface area contributed by atoms with Crippen molar-refractivity contribution in [2.75, 3.05) is 40.1 Å². The minimum Gasteiger partial charge on any atom is -0.460 e. The second-order valence-corrected chi connectivity index (χ2v) is 6.58. The summed E-state index contributed by atoms with van der Waals surface area (Å²) < 4.78 is 15.9. The molecule has 0 heterocycles. The lowest BCUT2D eigenvalue weighted by molar-refractivity contribution is -0.140. The van der Waals surface area contributed by atoms with Crippen LogP contribution in [0.5, 0.6) is 0 Å². The second kappa shape index (κ2) is 13.6. The van der Waals surface area contributed by atoms with Gasteiger partial charge in [0.15, 0.2) is 0 Å². The van der Waals surface area contributed by atoms with Gasteiger partial charge in [-0.15, -0.1) is 0 Å². The Morgan fingerprint density at radius 1 is 1.19 bits per heavy atom. The number of allylic oxidation sites excluding steroid dienone is 3. The van der Waals surface area contributed by atoms with Crippen molar-refractivity contribution in [3.8, 4) is 0 Å². The molecule has 1 N–H and O–H groups in total. The maximum atomic E-state index is 12.5. The summed E-state index contributed by atoms with van der Waals surface area (Å²) >= 11 is 0. The fraction of sp³-hybridized carbons (Fsp3) is 0.667. The Morgan fingerprint density at radius 2 is 2.00 bits per heavy atom. The highest BCUT2D eigenvalue weighted by Crippen LogP contribution is 2.27. The normalized spacial score (nSPS) is 16.0. The maximum Gasteiger partial charge on any atom is 0.338 e. The first-order chi connectivity index (χ1) is 12.6. The molecule has 148 valence electrons. The molecule has 0 unspecified atom stereocenters. The summed E-state index contributed by atoms with van der Waals surface area (Å²) in [7, 11) is 1.71. The highest BCUT2D eigenvalue weighted by Gasteiger charge is 2.19. The number of methoxy groups -OCH3 is 1. The smallest absolute Gasteiger partial charge is 0.338 e. The summed E-state index contributed by atoms with van der Waals surface area (Å²) in [5, 5.41) is 3.44. The van der Waals surface area contributed by atoms with Gasteiger partial charge in [-0.1, -0.05) is 19.9 Å². The topological polar surface area (TPSA) is 56.8 Å². The molecule has 0 saturated carbocycles. The summed E-state index contributed by atoms with van der Waals surface area (Å²) in [6.07, 6.45) is 8.05. The number of hydrogen-bond donors (Lipinski definition) is 1. The predicted octanol–water partition coefficient (Wildman–Crippen LogP) is 3.91. The Hall–Kier alpha value is -1.59. The van der Waals surface area contributed by atoms with Gasteiger partial charge in [-0.3, -0.25) is 0 Å². The predicted molar refractivity (Wildman–Crippen MR) is 105 cm³/mol. The van der Waals surface area contributed by atoms with Crippen molar-refractivity contribution in [3.05, 3.63) is 35.1 Å². The molecular formula is C21H35NO4. The number of esters is 1. The minimum atomic E-state index is -0.302.